The zero-order chi connectivity index (χ0) is 13.4. The first-order valence-electron chi connectivity index (χ1n) is 5.65. The predicted octanol–water partition coefficient (Wildman–Crippen LogP) is 1.15. The van der Waals surface area contributed by atoms with Crippen LogP contribution in [0.4, 0.5) is 0 Å². The van der Waals surface area contributed by atoms with Crippen molar-refractivity contribution in [1.82, 2.24) is 5.32 Å². The quantitative estimate of drug-likeness (QED) is 0.700. The second-order valence-corrected chi connectivity index (χ2v) is 6.11. The standard InChI is InChI=1S/C12H18BrNO3S/c1-17-7-6-14-8-10(15)9-18(16)12-5-3-2-4-11(12)13/h2-5,10,14-15H,6-9H2,1H3. The molecule has 0 saturated carbocycles. The molecule has 0 bridgehead atoms. The fourth-order valence-electron chi connectivity index (χ4n) is 1.40. The van der Waals surface area contributed by atoms with Crippen LogP contribution in [0.15, 0.2) is 33.6 Å². The Balaban J connectivity index is 2.38. The van der Waals surface area contributed by atoms with Gasteiger partial charge in [0.05, 0.1) is 34.2 Å². The Bertz CT molecular complexity index is 389. The molecule has 1 rings (SSSR count). The van der Waals surface area contributed by atoms with Crippen LogP contribution in [0.25, 0.3) is 0 Å². The molecule has 1 aromatic carbocycles. The lowest BCUT2D eigenvalue weighted by Crippen LogP contribution is -2.32. The average molecular weight is 336 g/mol. The lowest BCUT2D eigenvalue weighted by atomic mass is 10.4. The number of aliphatic hydroxyl groups excluding tert-OH is 1. The van der Waals surface area contributed by atoms with Crippen molar-refractivity contribution >= 4 is 26.7 Å². The van der Waals surface area contributed by atoms with Crippen LogP contribution in [0.1, 0.15) is 0 Å². The highest BCUT2D eigenvalue weighted by Gasteiger charge is 2.13. The van der Waals surface area contributed by atoms with Crippen molar-refractivity contribution in [3.63, 3.8) is 0 Å². The van der Waals surface area contributed by atoms with Crippen LogP contribution >= 0.6 is 15.9 Å². The number of rotatable bonds is 8. The Labute approximate surface area is 118 Å². The smallest absolute Gasteiger partial charge is 0.0783 e. The molecule has 18 heavy (non-hydrogen) atoms. The highest BCUT2D eigenvalue weighted by molar-refractivity contribution is 9.10. The molecule has 4 nitrogen and oxygen atoms in total. The second-order valence-electron chi connectivity index (χ2n) is 3.79. The van der Waals surface area contributed by atoms with E-state index in [0.29, 0.717) is 24.6 Å². The highest BCUT2D eigenvalue weighted by Crippen LogP contribution is 2.19. The van der Waals surface area contributed by atoms with E-state index in [2.05, 4.69) is 21.2 Å². The van der Waals surface area contributed by atoms with Crippen LogP contribution in [0.2, 0.25) is 0 Å². The van der Waals surface area contributed by atoms with Crippen molar-refractivity contribution in [2.45, 2.75) is 11.0 Å². The molecule has 0 radical (unpaired) electrons. The molecule has 0 heterocycles. The Morgan fingerprint density at radius 3 is 2.89 bits per heavy atom. The number of hydrogen-bond acceptors (Lipinski definition) is 4. The highest BCUT2D eigenvalue weighted by atomic mass is 79.9. The largest absolute Gasteiger partial charge is 0.391 e. The van der Waals surface area contributed by atoms with E-state index in [1.54, 1.807) is 13.2 Å². The van der Waals surface area contributed by atoms with E-state index >= 15 is 0 Å². The summed E-state index contributed by atoms with van der Waals surface area (Å²) in [5, 5.41) is 12.8. The van der Waals surface area contributed by atoms with Crippen LogP contribution in [0.3, 0.4) is 0 Å². The number of methoxy groups -OCH3 is 1. The monoisotopic (exact) mass is 335 g/mol. The van der Waals surface area contributed by atoms with Gasteiger partial charge < -0.3 is 15.2 Å². The van der Waals surface area contributed by atoms with E-state index in [0.717, 1.165) is 4.47 Å². The predicted molar refractivity (Wildman–Crippen MR) is 76.2 cm³/mol. The summed E-state index contributed by atoms with van der Waals surface area (Å²) in [6, 6.07) is 7.34. The molecule has 2 N–H and O–H groups in total. The number of nitrogens with one attached hydrogen (secondary N) is 1. The fraction of sp³-hybridized carbons (Fsp3) is 0.500. The van der Waals surface area contributed by atoms with Crippen molar-refractivity contribution in [1.29, 1.82) is 0 Å². The fourth-order valence-corrected chi connectivity index (χ4v) is 3.38. The molecule has 0 amide bonds. The second kappa shape index (κ2) is 8.77. The Kier molecular flexibility index (Phi) is 7.69. The number of aliphatic hydroxyl groups is 1. The van der Waals surface area contributed by atoms with E-state index in [1.165, 1.54) is 0 Å². The molecule has 6 heteroatoms. The molecule has 1 aromatic rings. The zero-order valence-corrected chi connectivity index (χ0v) is 12.7. The minimum absolute atomic E-state index is 0.225. The molecule has 0 aliphatic rings. The summed E-state index contributed by atoms with van der Waals surface area (Å²) in [5.74, 6) is 0.225. The molecule has 0 spiro atoms. The van der Waals surface area contributed by atoms with E-state index in [4.69, 9.17) is 4.74 Å². The third kappa shape index (κ3) is 5.58. The van der Waals surface area contributed by atoms with E-state index in [-0.39, 0.29) is 5.75 Å². The summed E-state index contributed by atoms with van der Waals surface area (Å²) in [5.41, 5.74) is 0. The normalized spacial score (nSPS) is 14.4. The molecule has 0 aliphatic heterocycles. The first kappa shape index (κ1) is 15.8. The first-order valence-corrected chi connectivity index (χ1v) is 7.77. The lowest BCUT2D eigenvalue weighted by molar-refractivity contribution is 0.174. The van der Waals surface area contributed by atoms with Gasteiger partial charge in [-0.25, -0.2) is 0 Å². The van der Waals surface area contributed by atoms with E-state index in [1.807, 2.05) is 18.2 Å². The van der Waals surface area contributed by atoms with Gasteiger partial charge in [0, 0.05) is 24.7 Å². The summed E-state index contributed by atoms with van der Waals surface area (Å²) < 4.78 is 17.7. The number of halogens is 1. The lowest BCUT2D eigenvalue weighted by Gasteiger charge is -2.12. The van der Waals surface area contributed by atoms with E-state index in [9.17, 15) is 9.32 Å². The molecular weight excluding hydrogens is 318 g/mol. The molecule has 0 saturated heterocycles. The summed E-state index contributed by atoms with van der Waals surface area (Å²) in [6.45, 7) is 1.69. The van der Waals surface area contributed by atoms with Crippen LogP contribution in [-0.2, 0) is 15.5 Å². The molecule has 0 fully saturated rings. The number of ether oxygens (including phenoxy) is 1. The van der Waals surface area contributed by atoms with Crippen LogP contribution in [-0.4, -0.2) is 48.0 Å². The maximum Gasteiger partial charge on any atom is 0.0783 e. The summed E-state index contributed by atoms with van der Waals surface area (Å²) in [6.07, 6.45) is -0.630. The van der Waals surface area contributed by atoms with Gasteiger partial charge in [-0.15, -0.1) is 0 Å². The van der Waals surface area contributed by atoms with Gasteiger partial charge in [0.2, 0.25) is 0 Å². The summed E-state index contributed by atoms with van der Waals surface area (Å²) in [7, 11) is 0.425. The van der Waals surface area contributed by atoms with Gasteiger partial charge in [-0.2, -0.15) is 0 Å². The zero-order valence-electron chi connectivity index (χ0n) is 10.3. The van der Waals surface area contributed by atoms with Crippen molar-refractivity contribution < 1.29 is 14.1 Å². The van der Waals surface area contributed by atoms with Gasteiger partial charge in [0.1, 0.15) is 0 Å². The van der Waals surface area contributed by atoms with Crippen LogP contribution in [0.5, 0.6) is 0 Å². The molecule has 2 unspecified atom stereocenters. The Hall–Kier alpha value is -0.270. The molecule has 0 aromatic heterocycles. The van der Waals surface area contributed by atoms with Crippen LogP contribution < -0.4 is 5.32 Å². The molecule has 2 atom stereocenters. The SMILES string of the molecule is COCCNCC(O)CS(=O)c1ccccc1Br. The summed E-state index contributed by atoms with van der Waals surface area (Å²) in [4.78, 5) is 0.716. The minimum atomic E-state index is -1.20. The van der Waals surface area contributed by atoms with Gasteiger partial charge in [-0.05, 0) is 28.1 Å². The minimum Gasteiger partial charge on any atom is -0.391 e. The Morgan fingerprint density at radius 2 is 2.22 bits per heavy atom. The maximum absolute atomic E-state index is 12.0. The number of hydrogen-bond donors (Lipinski definition) is 2. The maximum atomic E-state index is 12.0. The van der Waals surface area contributed by atoms with Gasteiger partial charge in [0.25, 0.3) is 0 Å². The van der Waals surface area contributed by atoms with Crippen LogP contribution in [0, 0.1) is 0 Å². The third-order valence-electron chi connectivity index (χ3n) is 2.29. The van der Waals surface area contributed by atoms with Crippen molar-refractivity contribution in [3.8, 4) is 0 Å². The van der Waals surface area contributed by atoms with Gasteiger partial charge in [0.15, 0.2) is 0 Å². The molecule has 102 valence electrons. The third-order valence-corrected chi connectivity index (χ3v) is 4.78. The molecule has 0 aliphatic carbocycles. The Morgan fingerprint density at radius 1 is 1.50 bits per heavy atom. The topological polar surface area (TPSA) is 58.6 Å². The summed E-state index contributed by atoms with van der Waals surface area (Å²) >= 11 is 3.35. The van der Waals surface area contributed by atoms with Gasteiger partial charge >= 0.3 is 0 Å². The van der Waals surface area contributed by atoms with Gasteiger partial charge in [-0.3, -0.25) is 4.21 Å². The number of benzene rings is 1. The van der Waals surface area contributed by atoms with Gasteiger partial charge in [-0.1, -0.05) is 12.1 Å². The van der Waals surface area contributed by atoms with Crippen molar-refractivity contribution in [2.24, 2.45) is 0 Å². The van der Waals surface area contributed by atoms with Crippen molar-refractivity contribution in [2.75, 3.05) is 32.6 Å². The molecular formula is C12H18BrNO3S. The first-order chi connectivity index (χ1) is 8.65. The van der Waals surface area contributed by atoms with Crippen molar-refractivity contribution in [3.05, 3.63) is 28.7 Å². The van der Waals surface area contributed by atoms with E-state index < -0.39 is 16.9 Å². The average Bonchev–Trinajstić information content (AvgIpc) is 2.35.